The van der Waals surface area contributed by atoms with E-state index in [-0.39, 0.29) is 33.9 Å². The molecule has 606 valence electrons. The number of hydrogen-bond donors (Lipinski definition) is 0. The molecule has 13 rings (SSSR count). The Bertz CT molecular complexity index is 6100. The minimum atomic E-state index is -4.65. The lowest BCUT2D eigenvalue weighted by molar-refractivity contribution is -0.148. The number of aromatic nitrogens is 3. The van der Waals surface area contributed by atoms with Crippen LogP contribution in [0.5, 0.6) is 5.75 Å². The summed E-state index contributed by atoms with van der Waals surface area (Å²) in [4.78, 5) is 88.3. The maximum absolute atomic E-state index is 14.3. The number of fused-ring (bicyclic) bond motifs is 9. The third-order valence-electron chi connectivity index (χ3n) is 18.6. The molecule has 0 aliphatic heterocycles. The zero-order chi connectivity index (χ0) is 84.5. The molecule has 0 saturated heterocycles. The molecule has 9 aromatic carbocycles. The van der Waals surface area contributed by atoms with Crippen molar-refractivity contribution in [3.05, 3.63) is 265 Å². The van der Waals surface area contributed by atoms with Crippen molar-refractivity contribution in [3.8, 4) is 5.75 Å². The Labute approximate surface area is 662 Å². The van der Waals surface area contributed by atoms with Gasteiger partial charge in [0.1, 0.15) is 17.0 Å². The zero-order valence-electron chi connectivity index (χ0n) is 63.5. The summed E-state index contributed by atoms with van der Waals surface area (Å²) in [6.07, 6.45) is -8.56. The van der Waals surface area contributed by atoms with Crippen molar-refractivity contribution in [2.45, 2.75) is 93.5 Å². The number of hydrogen-bond acceptors (Lipinski definition) is 16. The van der Waals surface area contributed by atoms with Gasteiger partial charge in [-0.05, 0) is 166 Å². The Hall–Kier alpha value is -12.6. The van der Waals surface area contributed by atoms with Crippen LogP contribution in [0.2, 0.25) is 0 Å². The van der Waals surface area contributed by atoms with Crippen LogP contribution in [-0.2, 0) is 64.2 Å². The van der Waals surface area contributed by atoms with E-state index in [1.54, 1.807) is 80.6 Å². The first-order chi connectivity index (χ1) is 55.8. The normalized spacial score (nSPS) is 12.2. The molecular formula is C86H70F12N6O12S. The van der Waals surface area contributed by atoms with Gasteiger partial charge in [-0.25, -0.2) is 45.1 Å². The maximum atomic E-state index is 14.3. The van der Waals surface area contributed by atoms with E-state index in [0.717, 1.165) is 56.7 Å². The second-order valence-electron chi connectivity index (χ2n) is 26.2. The number of carbonyl (C=O) groups excluding carboxylic acids is 6. The molecule has 0 unspecified atom stereocenters. The first kappa shape index (κ1) is 85.3. The molecule has 0 aliphatic carbocycles. The lowest BCUT2D eigenvalue weighted by Crippen LogP contribution is -2.34. The van der Waals surface area contributed by atoms with Crippen molar-refractivity contribution in [2.24, 2.45) is 15.5 Å². The maximum Gasteiger partial charge on any atom is 0.417 e. The standard InChI is InChI=1S/C31H24F4N2O4S.C28H25F3N2O4.C27H21F5N2O4/c1-3-37-24-12-10-19(15-22(24)23-16-20(11-13-25(23)37)29(39)27-9-6-14-42-27)28(36-41-18(2)38)21-7-4-5-8-26(21)40-17-31(34,35)30(32)33;1-4-36-14-13-33-25-11-9-19(17(2)32-37-18(3)34)15-22(25)23-16-20(10-12-26(23)33)27(35)21-7-5-6-8-24(21)28(29,30)31;1-4-37-10-9-34-19-7-5-15(13(2)33-38-14(3)35)11-17(19)18-12-16(6-8-20(18)34)27(36)21-22(28)24(30)26(32)25(31)23(21)29/h4-16,30H,3,17H2,1-2H3;5-12,15-16H,4,13-14H2,1-3H3;5-8,11-12H,4,9-10H2,1-3H3/b36-28-;32-17+;33-13+. The number of thiophene rings is 1. The number of rotatable bonds is 26. The number of ether oxygens (including phenoxy) is 3. The van der Waals surface area contributed by atoms with E-state index in [2.05, 4.69) is 20.0 Å². The van der Waals surface area contributed by atoms with Gasteiger partial charge in [0.05, 0.1) is 35.1 Å². The summed E-state index contributed by atoms with van der Waals surface area (Å²) in [6, 6.07) is 45.0. The summed E-state index contributed by atoms with van der Waals surface area (Å²) in [5.41, 5.74) is 5.03. The number of aryl methyl sites for hydroxylation is 1. The molecule has 0 fully saturated rings. The van der Waals surface area contributed by atoms with Crippen LogP contribution in [0.25, 0.3) is 65.4 Å². The number of ketones is 3. The number of halogens is 12. The van der Waals surface area contributed by atoms with Crippen LogP contribution < -0.4 is 4.74 Å². The summed E-state index contributed by atoms with van der Waals surface area (Å²) in [6.45, 7) is 14.6. The summed E-state index contributed by atoms with van der Waals surface area (Å²) < 4.78 is 185. The Kier molecular flexibility index (Phi) is 26.6. The fraction of sp³-hybridized carbons (Fsp3) is 0.221. The van der Waals surface area contributed by atoms with Gasteiger partial charge in [0, 0.05) is 152 Å². The van der Waals surface area contributed by atoms with Crippen LogP contribution in [0.3, 0.4) is 0 Å². The Morgan fingerprint density at radius 1 is 0.427 bits per heavy atom. The summed E-state index contributed by atoms with van der Waals surface area (Å²) in [5, 5.41) is 17.6. The van der Waals surface area contributed by atoms with Gasteiger partial charge in [0.15, 0.2) is 41.4 Å². The molecule has 18 nitrogen and oxygen atoms in total. The second kappa shape index (κ2) is 36.5. The third kappa shape index (κ3) is 18.5. The molecule has 4 aromatic heterocycles. The minimum Gasteiger partial charge on any atom is -0.486 e. The molecule has 31 heteroatoms. The number of para-hydroxylation sites is 1. The molecule has 0 N–H and O–H groups in total. The van der Waals surface area contributed by atoms with Gasteiger partial charge in [-0.1, -0.05) is 70.1 Å². The fourth-order valence-corrected chi connectivity index (χ4v) is 13.8. The second-order valence-corrected chi connectivity index (χ2v) is 27.1. The van der Waals surface area contributed by atoms with E-state index in [1.165, 1.54) is 79.8 Å². The van der Waals surface area contributed by atoms with Crippen LogP contribution in [0, 0.1) is 29.1 Å². The molecule has 0 radical (unpaired) electrons. The van der Waals surface area contributed by atoms with Crippen LogP contribution in [0.4, 0.5) is 52.7 Å². The highest BCUT2D eigenvalue weighted by Crippen LogP contribution is 2.39. The average molecular weight is 1640 g/mol. The van der Waals surface area contributed by atoms with E-state index < -0.39 is 100 Å². The number of oxime groups is 3. The third-order valence-corrected chi connectivity index (χ3v) is 19.4. The van der Waals surface area contributed by atoms with E-state index in [0.29, 0.717) is 106 Å². The fourth-order valence-electron chi connectivity index (χ4n) is 13.1. The van der Waals surface area contributed by atoms with Crippen molar-refractivity contribution in [1.29, 1.82) is 0 Å². The van der Waals surface area contributed by atoms with Crippen LogP contribution in [-0.4, -0.2) is 111 Å². The minimum absolute atomic E-state index is 0.0614. The lowest BCUT2D eigenvalue weighted by Gasteiger charge is -2.18. The summed E-state index contributed by atoms with van der Waals surface area (Å²) in [5.74, 6) is -19.7. The Morgan fingerprint density at radius 2 is 0.812 bits per heavy atom. The molecule has 0 amide bonds. The molecule has 0 spiro atoms. The lowest BCUT2D eigenvalue weighted by atomic mass is 9.96. The Balaban J connectivity index is 0.000000173. The van der Waals surface area contributed by atoms with E-state index in [4.69, 9.17) is 28.7 Å². The molecule has 13 aromatic rings. The largest absolute Gasteiger partial charge is 0.486 e. The number of carbonyl (C=O) groups is 6. The monoisotopic (exact) mass is 1640 g/mol. The molecule has 4 heterocycles. The molecule has 0 saturated carbocycles. The van der Waals surface area contributed by atoms with Gasteiger partial charge in [0.2, 0.25) is 11.6 Å². The summed E-state index contributed by atoms with van der Waals surface area (Å²) >= 11 is 1.35. The first-order valence-electron chi connectivity index (χ1n) is 36.1. The molecule has 0 atom stereocenters. The van der Waals surface area contributed by atoms with Crippen molar-refractivity contribution in [2.75, 3.05) is 33.0 Å². The molecule has 117 heavy (non-hydrogen) atoms. The van der Waals surface area contributed by atoms with E-state index >= 15 is 0 Å². The van der Waals surface area contributed by atoms with Gasteiger partial charge < -0.3 is 42.4 Å². The van der Waals surface area contributed by atoms with E-state index in [1.807, 2.05) is 77.8 Å². The first-order valence-corrected chi connectivity index (χ1v) is 36.9. The van der Waals surface area contributed by atoms with Crippen molar-refractivity contribution >= 4 is 129 Å². The van der Waals surface area contributed by atoms with E-state index in [9.17, 15) is 81.5 Å². The Morgan fingerprint density at radius 3 is 1.24 bits per heavy atom. The zero-order valence-corrected chi connectivity index (χ0v) is 64.3. The van der Waals surface area contributed by atoms with Crippen molar-refractivity contribution in [1.82, 2.24) is 13.7 Å². The highest BCUT2D eigenvalue weighted by molar-refractivity contribution is 7.12. The quantitative estimate of drug-likeness (QED) is 0.00725. The van der Waals surface area contributed by atoms with Crippen LogP contribution >= 0.6 is 11.3 Å². The van der Waals surface area contributed by atoms with Crippen LogP contribution in [0.15, 0.2) is 191 Å². The predicted molar refractivity (Wildman–Crippen MR) is 418 cm³/mol. The predicted octanol–water partition coefficient (Wildman–Crippen LogP) is 20.1. The highest BCUT2D eigenvalue weighted by atomic mass is 32.1. The van der Waals surface area contributed by atoms with Crippen molar-refractivity contribution < 1.29 is 110 Å². The molecule has 0 bridgehead atoms. The SMILES string of the molecule is CCOCCn1c2ccc(C(=O)c3c(F)c(F)c(F)c(F)c3F)cc2c2cc(/C(C)=N/OC(C)=O)ccc21.CCOCCn1c2ccc(C(=O)c3ccccc3C(F)(F)F)cc2c2cc(/C(C)=N/OC(C)=O)ccc21.CCn1c2ccc(C(=O)c3cccs3)cc2c2cc(/C(=N/OC(C)=O)c3ccccc3OCC(F)(F)C(F)F)ccc21. The number of benzene rings is 9. The molecule has 0 aliphatic rings. The number of nitrogens with zero attached hydrogens (tertiary/aromatic N) is 6. The summed E-state index contributed by atoms with van der Waals surface area (Å²) in [7, 11) is 0. The van der Waals surface area contributed by atoms with Gasteiger partial charge >= 0.3 is 36.4 Å². The highest BCUT2D eigenvalue weighted by Gasteiger charge is 2.42. The smallest absolute Gasteiger partial charge is 0.417 e. The number of alkyl halides is 7. The van der Waals surface area contributed by atoms with Gasteiger partial charge in [-0.15, -0.1) is 11.3 Å². The van der Waals surface area contributed by atoms with Crippen molar-refractivity contribution in [3.63, 3.8) is 0 Å². The van der Waals surface area contributed by atoms with Gasteiger partial charge in [-0.3, -0.25) is 14.4 Å². The van der Waals surface area contributed by atoms with Gasteiger partial charge in [-0.2, -0.15) is 22.0 Å². The van der Waals surface area contributed by atoms with Gasteiger partial charge in [0.25, 0.3) is 0 Å². The van der Waals surface area contributed by atoms with Crippen LogP contribution in [0.1, 0.15) is 130 Å². The topological polar surface area (TPSA) is 210 Å². The molecular weight excluding hydrogens is 1570 g/mol. The average Bonchev–Trinajstić information content (AvgIpc) is 1.62.